The van der Waals surface area contributed by atoms with Crippen LogP contribution in [0.2, 0.25) is 10.0 Å². The summed E-state index contributed by atoms with van der Waals surface area (Å²) < 4.78 is 0. The van der Waals surface area contributed by atoms with E-state index < -0.39 is 0 Å². The Hall–Kier alpha value is -2.31. The van der Waals surface area contributed by atoms with Crippen molar-refractivity contribution in [3.63, 3.8) is 0 Å². The highest BCUT2D eigenvalue weighted by Crippen LogP contribution is 2.21. The van der Waals surface area contributed by atoms with Crippen LogP contribution in [0, 0.1) is 5.92 Å². The molecule has 6 nitrogen and oxygen atoms in total. The van der Waals surface area contributed by atoms with Crippen molar-refractivity contribution in [3.05, 3.63) is 63.9 Å². The predicted molar refractivity (Wildman–Crippen MR) is 114 cm³/mol. The molecule has 3 amide bonds. The number of halogens is 2. The fourth-order valence-electron chi connectivity index (χ4n) is 3.31. The molecular formula is C21H24Cl2N4O2. The van der Waals surface area contributed by atoms with E-state index in [1.807, 2.05) is 12.1 Å². The van der Waals surface area contributed by atoms with E-state index in [1.54, 1.807) is 35.5 Å². The van der Waals surface area contributed by atoms with Crippen LogP contribution < -0.4 is 10.6 Å². The number of nitrogens with one attached hydrogen (secondary N) is 2. The molecular weight excluding hydrogens is 411 g/mol. The van der Waals surface area contributed by atoms with Gasteiger partial charge in [-0.1, -0.05) is 35.3 Å². The molecule has 1 aliphatic rings. The van der Waals surface area contributed by atoms with Gasteiger partial charge in [0.15, 0.2) is 0 Å². The molecule has 1 aliphatic heterocycles. The van der Waals surface area contributed by atoms with Gasteiger partial charge in [0.25, 0.3) is 0 Å². The average molecular weight is 435 g/mol. The summed E-state index contributed by atoms with van der Waals surface area (Å²) in [6.07, 6.45) is 5.62. The Morgan fingerprint density at radius 1 is 1.14 bits per heavy atom. The van der Waals surface area contributed by atoms with Gasteiger partial charge in [-0.25, -0.2) is 4.79 Å². The van der Waals surface area contributed by atoms with Crippen molar-refractivity contribution >= 4 is 35.1 Å². The second-order valence-corrected chi connectivity index (χ2v) is 7.90. The molecule has 1 aromatic heterocycles. The molecule has 0 saturated carbocycles. The zero-order valence-electron chi connectivity index (χ0n) is 16.0. The lowest BCUT2D eigenvalue weighted by atomic mass is 9.96. The molecule has 0 aliphatic carbocycles. The molecule has 29 heavy (non-hydrogen) atoms. The topological polar surface area (TPSA) is 74.3 Å². The van der Waals surface area contributed by atoms with Gasteiger partial charge in [0.05, 0.1) is 0 Å². The molecule has 2 N–H and O–H groups in total. The average Bonchev–Trinajstić information content (AvgIpc) is 2.74. The summed E-state index contributed by atoms with van der Waals surface area (Å²) >= 11 is 12.0. The summed E-state index contributed by atoms with van der Waals surface area (Å²) in [4.78, 5) is 30.6. The van der Waals surface area contributed by atoms with Crippen LogP contribution in [0.5, 0.6) is 0 Å². The van der Waals surface area contributed by atoms with Crippen LogP contribution in [0.4, 0.5) is 4.79 Å². The van der Waals surface area contributed by atoms with Crippen molar-refractivity contribution < 1.29 is 9.59 Å². The molecule has 8 heteroatoms. The highest BCUT2D eigenvalue weighted by Gasteiger charge is 2.27. The first-order chi connectivity index (χ1) is 14.0. The Bertz CT molecular complexity index is 840. The monoisotopic (exact) mass is 434 g/mol. The summed E-state index contributed by atoms with van der Waals surface area (Å²) in [6, 6.07) is 8.93. The van der Waals surface area contributed by atoms with Gasteiger partial charge in [-0.2, -0.15) is 0 Å². The number of benzene rings is 1. The zero-order valence-corrected chi connectivity index (χ0v) is 17.5. The van der Waals surface area contributed by atoms with Gasteiger partial charge in [0, 0.05) is 54.5 Å². The van der Waals surface area contributed by atoms with Crippen molar-refractivity contribution in [2.45, 2.75) is 25.8 Å². The molecule has 0 atom stereocenters. The number of likely N-dealkylation sites (tertiary alicyclic amines) is 1. The SMILES string of the molecule is O=C(NCCc1cccnc1)C1CCN(C(=O)NCc2ccc(Cl)cc2Cl)CC1. The van der Waals surface area contributed by atoms with Gasteiger partial charge < -0.3 is 15.5 Å². The van der Waals surface area contributed by atoms with Crippen molar-refractivity contribution in [1.29, 1.82) is 0 Å². The van der Waals surface area contributed by atoms with Crippen LogP contribution in [0.15, 0.2) is 42.7 Å². The molecule has 0 radical (unpaired) electrons. The number of urea groups is 1. The quantitative estimate of drug-likeness (QED) is 0.727. The van der Waals surface area contributed by atoms with Crippen LogP contribution in [-0.4, -0.2) is 41.5 Å². The van der Waals surface area contributed by atoms with E-state index >= 15 is 0 Å². The minimum Gasteiger partial charge on any atom is -0.356 e. The van der Waals surface area contributed by atoms with Crippen molar-refractivity contribution in [2.75, 3.05) is 19.6 Å². The Balaban J connectivity index is 1.37. The first-order valence-corrected chi connectivity index (χ1v) is 10.4. The fraction of sp³-hybridized carbons (Fsp3) is 0.381. The van der Waals surface area contributed by atoms with Crippen molar-refractivity contribution in [1.82, 2.24) is 20.5 Å². The number of carbonyl (C=O) groups is 2. The van der Waals surface area contributed by atoms with Crippen molar-refractivity contribution in [3.8, 4) is 0 Å². The Morgan fingerprint density at radius 2 is 1.93 bits per heavy atom. The van der Waals surface area contributed by atoms with E-state index in [-0.39, 0.29) is 17.9 Å². The highest BCUT2D eigenvalue weighted by molar-refractivity contribution is 6.35. The lowest BCUT2D eigenvalue weighted by molar-refractivity contribution is -0.126. The van der Waals surface area contributed by atoms with Gasteiger partial charge in [-0.3, -0.25) is 9.78 Å². The lowest BCUT2D eigenvalue weighted by Gasteiger charge is -2.31. The molecule has 1 fully saturated rings. The smallest absolute Gasteiger partial charge is 0.317 e. The maximum atomic E-state index is 12.4. The third kappa shape index (κ3) is 6.34. The van der Waals surface area contributed by atoms with Gasteiger partial charge in [-0.15, -0.1) is 0 Å². The first-order valence-electron chi connectivity index (χ1n) is 9.66. The molecule has 154 valence electrons. The first kappa shape index (κ1) is 21.4. The van der Waals surface area contributed by atoms with E-state index in [0.29, 0.717) is 49.1 Å². The summed E-state index contributed by atoms with van der Waals surface area (Å²) in [5, 5.41) is 6.96. The molecule has 0 unspecified atom stereocenters. The summed E-state index contributed by atoms with van der Waals surface area (Å²) in [7, 11) is 0. The van der Waals surface area contributed by atoms with E-state index in [9.17, 15) is 9.59 Å². The van der Waals surface area contributed by atoms with Gasteiger partial charge in [-0.05, 0) is 48.6 Å². The highest BCUT2D eigenvalue weighted by atomic mass is 35.5. The summed E-state index contributed by atoms with van der Waals surface area (Å²) in [5.41, 5.74) is 1.91. The number of hydrogen-bond acceptors (Lipinski definition) is 3. The van der Waals surface area contributed by atoms with Gasteiger partial charge in [0.2, 0.25) is 5.91 Å². The zero-order chi connectivity index (χ0) is 20.6. The minimum atomic E-state index is -0.147. The Labute approximate surface area is 180 Å². The number of rotatable bonds is 6. The number of piperidine rings is 1. The molecule has 3 rings (SSSR count). The number of nitrogens with zero attached hydrogens (tertiary/aromatic N) is 2. The van der Waals surface area contributed by atoms with Crippen LogP contribution >= 0.6 is 23.2 Å². The van der Waals surface area contributed by atoms with Gasteiger partial charge in [0.1, 0.15) is 0 Å². The number of pyridine rings is 1. The fourth-order valence-corrected chi connectivity index (χ4v) is 3.79. The largest absolute Gasteiger partial charge is 0.356 e. The molecule has 2 heterocycles. The third-order valence-electron chi connectivity index (χ3n) is 5.03. The van der Waals surface area contributed by atoms with E-state index in [4.69, 9.17) is 23.2 Å². The summed E-state index contributed by atoms with van der Waals surface area (Å²) in [5.74, 6) is 0.000512. The Morgan fingerprint density at radius 3 is 2.62 bits per heavy atom. The lowest BCUT2D eigenvalue weighted by Crippen LogP contribution is -2.46. The molecule has 1 aromatic carbocycles. The minimum absolute atomic E-state index is 0.0568. The van der Waals surface area contributed by atoms with Crippen LogP contribution in [0.25, 0.3) is 0 Å². The van der Waals surface area contributed by atoms with E-state index in [1.165, 1.54) is 0 Å². The molecule has 2 aromatic rings. The second kappa shape index (κ2) is 10.5. The van der Waals surface area contributed by atoms with E-state index in [2.05, 4.69) is 15.6 Å². The van der Waals surface area contributed by atoms with Gasteiger partial charge >= 0.3 is 6.03 Å². The maximum absolute atomic E-state index is 12.4. The maximum Gasteiger partial charge on any atom is 0.317 e. The second-order valence-electron chi connectivity index (χ2n) is 7.06. The summed E-state index contributed by atoms with van der Waals surface area (Å²) in [6.45, 7) is 2.04. The van der Waals surface area contributed by atoms with E-state index in [0.717, 1.165) is 17.5 Å². The number of amides is 3. The third-order valence-corrected chi connectivity index (χ3v) is 5.62. The predicted octanol–water partition coefficient (Wildman–Crippen LogP) is 3.67. The number of carbonyl (C=O) groups excluding carboxylic acids is 2. The molecule has 1 saturated heterocycles. The van der Waals surface area contributed by atoms with Crippen LogP contribution in [-0.2, 0) is 17.8 Å². The number of hydrogen-bond donors (Lipinski definition) is 2. The Kier molecular flexibility index (Phi) is 7.72. The number of aromatic nitrogens is 1. The van der Waals surface area contributed by atoms with Crippen LogP contribution in [0.3, 0.4) is 0 Å². The van der Waals surface area contributed by atoms with Crippen LogP contribution in [0.1, 0.15) is 24.0 Å². The standard InChI is InChI=1S/C21H24Cl2N4O2/c22-18-4-3-17(19(23)12-18)14-26-21(29)27-10-6-16(7-11-27)20(28)25-9-5-15-2-1-8-24-13-15/h1-4,8,12-13,16H,5-7,9-11,14H2,(H,25,28)(H,26,29). The normalized spacial score (nSPS) is 14.5. The van der Waals surface area contributed by atoms with Crippen molar-refractivity contribution in [2.24, 2.45) is 5.92 Å². The molecule has 0 spiro atoms. The molecule has 0 bridgehead atoms.